The van der Waals surface area contributed by atoms with Gasteiger partial charge in [0.25, 0.3) is 11.8 Å². The van der Waals surface area contributed by atoms with Crippen molar-refractivity contribution in [3.05, 3.63) is 65.9 Å². The number of hydrogen-bond acceptors (Lipinski definition) is 4. The summed E-state index contributed by atoms with van der Waals surface area (Å²) in [6.45, 7) is 0.775. The molecular formula is C21H19N3O3. The molecule has 2 amide bonds. The fourth-order valence-corrected chi connectivity index (χ4v) is 3.45. The highest BCUT2D eigenvalue weighted by Gasteiger charge is 2.33. The van der Waals surface area contributed by atoms with Crippen LogP contribution >= 0.6 is 0 Å². The predicted molar refractivity (Wildman–Crippen MR) is 104 cm³/mol. The lowest BCUT2D eigenvalue weighted by Gasteiger charge is -2.08. The van der Waals surface area contributed by atoms with Crippen LogP contribution in [-0.4, -0.2) is 29.5 Å². The maximum Gasteiger partial charge on any atom is 0.259 e. The number of fused-ring (bicyclic) bond motifs is 1. The molecule has 1 aromatic heterocycles. The van der Waals surface area contributed by atoms with Gasteiger partial charge in [-0.15, -0.1) is 0 Å². The van der Waals surface area contributed by atoms with Crippen LogP contribution in [0.1, 0.15) is 11.1 Å². The molecule has 0 aliphatic carbocycles. The number of benzene rings is 2. The molecule has 27 heavy (non-hydrogen) atoms. The molecule has 3 aromatic rings. The van der Waals surface area contributed by atoms with Crippen LogP contribution in [-0.2, 0) is 16.6 Å². The van der Waals surface area contributed by atoms with Crippen LogP contribution in [0.15, 0.2) is 54.7 Å². The number of carbonyl (C=O) groups excluding carboxylic acids is 2. The van der Waals surface area contributed by atoms with Crippen molar-refractivity contribution in [1.29, 1.82) is 0 Å². The van der Waals surface area contributed by atoms with E-state index in [1.807, 2.05) is 42.1 Å². The number of nitrogens with zero attached hydrogens (tertiary/aromatic N) is 1. The van der Waals surface area contributed by atoms with Crippen LogP contribution in [0, 0.1) is 0 Å². The van der Waals surface area contributed by atoms with Crippen LogP contribution in [0.3, 0.4) is 0 Å². The zero-order valence-corrected chi connectivity index (χ0v) is 14.9. The molecule has 6 heteroatoms. The first-order valence-electron chi connectivity index (χ1n) is 8.68. The van der Waals surface area contributed by atoms with Gasteiger partial charge in [0.1, 0.15) is 12.4 Å². The second-order valence-electron chi connectivity index (χ2n) is 6.37. The summed E-state index contributed by atoms with van der Waals surface area (Å²) in [5.41, 5.74) is 8.59. The Morgan fingerprint density at radius 3 is 2.63 bits per heavy atom. The van der Waals surface area contributed by atoms with E-state index in [1.165, 1.54) is 0 Å². The Morgan fingerprint density at radius 1 is 1.04 bits per heavy atom. The Morgan fingerprint density at radius 2 is 1.81 bits per heavy atom. The van der Waals surface area contributed by atoms with E-state index in [-0.39, 0.29) is 5.91 Å². The third-order valence-corrected chi connectivity index (χ3v) is 4.61. The van der Waals surface area contributed by atoms with Crippen LogP contribution in [0.25, 0.3) is 22.0 Å². The van der Waals surface area contributed by atoms with Gasteiger partial charge in [0, 0.05) is 36.3 Å². The summed E-state index contributed by atoms with van der Waals surface area (Å²) in [4.78, 5) is 25.2. The molecule has 0 bridgehead atoms. The largest absolute Gasteiger partial charge is 0.492 e. The van der Waals surface area contributed by atoms with Crippen molar-refractivity contribution in [2.24, 2.45) is 12.8 Å². The van der Waals surface area contributed by atoms with Gasteiger partial charge in [0.15, 0.2) is 0 Å². The summed E-state index contributed by atoms with van der Waals surface area (Å²) in [7, 11) is 1.92. The number of amides is 2. The number of rotatable bonds is 5. The number of nitrogens with two attached hydrogens (primary N) is 1. The monoisotopic (exact) mass is 361 g/mol. The third-order valence-electron chi connectivity index (χ3n) is 4.61. The van der Waals surface area contributed by atoms with Crippen molar-refractivity contribution in [3.8, 4) is 5.75 Å². The minimum atomic E-state index is -0.404. The van der Waals surface area contributed by atoms with Gasteiger partial charge in [-0.25, -0.2) is 0 Å². The maximum atomic E-state index is 12.6. The van der Waals surface area contributed by atoms with Crippen LogP contribution in [0.2, 0.25) is 0 Å². The highest BCUT2D eigenvalue weighted by molar-refractivity contribution is 6.50. The summed E-state index contributed by atoms with van der Waals surface area (Å²) in [5.74, 6) is -0.187. The van der Waals surface area contributed by atoms with Crippen molar-refractivity contribution in [2.75, 3.05) is 13.2 Å². The van der Waals surface area contributed by atoms with Crippen molar-refractivity contribution in [2.45, 2.75) is 0 Å². The van der Waals surface area contributed by atoms with Gasteiger partial charge in [0.2, 0.25) is 0 Å². The van der Waals surface area contributed by atoms with Gasteiger partial charge in [-0.05, 0) is 23.8 Å². The molecule has 1 aliphatic heterocycles. The van der Waals surface area contributed by atoms with E-state index >= 15 is 0 Å². The van der Waals surface area contributed by atoms with E-state index in [4.69, 9.17) is 10.5 Å². The minimum absolute atomic E-state index is 0.356. The maximum absolute atomic E-state index is 12.6. The van der Waals surface area contributed by atoms with Gasteiger partial charge in [-0.1, -0.05) is 30.3 Å². The number of aromatic nitrogens is 1. The molecule has 1 aliphatic rings. The first-order valence-corrected chi connectivity index (χ1v) is 8.68. The molecule has 0 atom stereocenters. The Labute approximate surface area is 156 Å². The van der Waals surface area contributed by atoms with Gasteiger partial charge in [0.05, 0.1) is 11.1 Å². The molecule has 3 N–H and O–H groups in total. The number of para-hydroxylation sites is 1. The number of ether oxygens (including phenoxy) is 1. The summed E-state index contributed by atoms with van der Waals surface area (Å²) in [6.07, 6.45) is 1.88. The molecule has 0 radical (unpaired) electrons. The fraction of sp³-hybridized carbons (Fsp3) is 0.143. The van der Waals surface area contributed by atoms with Gasteiger partial charge in [-0.3, -0.25) is 14.9 Å². The van der Waals surface area contributed by atoms with Crippen molar-refractivity contribution >= 4 is 33.9 Å². The van der Waals surface area contributed by atoms with E-state index in [9.17, 15) is 9.59 Å². The van der Waals surface area contributed by atoms with Crippen molar-refractivity contribution in [1.82, 2.24) is 9.88 Å². The molecule has 2 aromatic carbocycles. The molecule has 0 spiro atoms. The third kappa shape index (κ3) is 2.90. The number of nitrogens with one attached hydrogen (secondary N) is 1. The summed E-state index contributed by atoms with van der Waals surface area (Å²) in [5, 5.41) is 3.35. The zero-order chi connectivity index (χ0) is 19.0. The minimum Gasteiger partial charge on any atom is -0.492 e. The molecule has 0 unspecified atom stereocenters. The molecule has 4 rings (SSSR count). The summed E-state index contributed by atoms with van der Waals surface area (Å²) in [6, 6.07) is 14.9. The molecule has 0 fully saturated rings. The second-order valence-corrected chi connectivity index (χ2v) is 6.37. The smallest absolute Gasteiger partial charge is 0.259 e. The molecule has 0 saturated carbocycles. The SMILES string of the molecule is Cn1cc(C2=C(c3cccc(OCCN)c3)C(=O)NC2=O)c2ccccc21. The lowest BCUT2D eigenvalue weighted by atomic mass is 9.96. The predicted octanol–water partition coefficient (Wildman–Crippen LogP) is 2.08. The van der Waals surface area contributed by atoms with E-state index in [0.29, 0.717) is 35.6 Å². The fourth-order valence-electron chi connectivity index (χ4n) is 3.45. The average molecular weight is 361 g/mol. The Kier molecular flexibility index (Phi) is 4.25. The summed E-state index contributed by atoms with van der Waals surface area (Å²) >= 11 is 0. The van der Waals surface area contributed by atoms with Crippen LogP contribution in [0.4, 0.5) is 0 Å². The number of aryl methyl sites for hydroxylation is 1. The molecule has 6 nitrogen and oxygen atoms in total. The normalized spacial score (nSPS) is 14.1. The van der Waals surface area contributed by atoms with Crippen LogP contribution in [0.5, 0.6) is 5.75 Å². The number of imide groups is 1. The highest BCUT2D eigenvalue weighted by Crippen LogP contribution is 2.36. The lowest BCUT2D eigenvalue weighted by molar-refractivity contribution is -0.122. The van der Waals surface area contributed by atoms with Gasteiger partial charge < -0.3 is 15.0 Å². The molecular weight excluding hydrogens is 342 g/mol. The quantitative estimate of drug-likeness (QED) is 0.681. The molecule has 2 heterocycles. The van der Waals surface area contributed by atoms with Gasteiger partial charge >= 0.3 is 0 Å². The lowest BCUT2D eigenvalue weighted by Crippen LogP contribution is -2.22. The number of carbonyl (C=O) groups is 2. The van der Waals surface area contributed by atoms with Crippen molar-refractivity contribution < 1.29 is 14.3 Å². The van der Waals surface area contributed by atoms with Crippen LogP contribution < -0.4 is 15.8 Å². The second kappa shape index (κ2) is 6.74. The van der Waals surface area contributed by atoms with E-state index in [1.54, 1.807) is 24.3 Å². The Bertz CT molecular complexity index is 1090. The Hall–Kier alpha value is -3.38. The molecule has 0 saturated heterocycles. The topological polar surface area (TPSA) is 86.3 Å². The van der Waals surface area contributed by atoms with E-state index in [2.05, 4.69) is 5.32 Å². The van der Waals surface area contributed by atoms with Crippen molar-refractivity contribution in [3.63, 3.8) is 0 Å². The van der Waals surface area contributed by atoms with E-state index < -0.39 is 5.91 Å². The first kappa shape index (κ1) is 17.1. The zero-order valence-electron chi connectivity index (χ0n) is 14.9. The number of hydrogen-bond donors (Lipinski definition) is 2. The standard InChI is InChI=1S/C21H19N3O3/c1-24-12-16(15-7-2-3-8-17(15)24)19-18(20(25)23-21(19)26)13-5-4-6-14(11-13)27-10-9-22/h2-8,11-12H,9-10,22H2,1H3,(H,23,25,26). The average Bonchev–Trinajstić information content (AvgIpc) is 3.16. The van der Waals surface area contributed by atoms with Gasteiger partial charge in [-0.2, -0.15) is 0 Å². The summed E-state index contributed by atoms with van der Waals surface area (Å²) < 4.78 is 7.51. The van der Waals surface area contributed by atoms with E-state index in [0.717, 1.165) is 16.5 Å². The Balaban J connectivity index is 1.92. The molecule has 136 valence electrons. The first-order chi connectivity index (χ1) is 13.1. The highest BCUT2D eigenvalue weighted by atomic mass is 16.5.